The zero-order chi connectivity index (χ0) is 17.9. The molecule has 2 heterocycles. The number of nitrogens with zero attached hydrogens (tertiary/aromatic N) is 3. The van der Waals surface area contributed by atoms with E-state index in [2.05, 4.69) is 0 Å². The molecule has 2 amide bonds. The maximum atomic E-state index is 12.8. The van der Waals surface area contributed by atoms with Gasteiger partial charge in [-0.2, -0.15) is 4.31 Å². The highest BCUT2D eigenvalue weighted by molar-refractivity contribution is 7.89. The summed E-state index contributed by atoms with van der Waals surface area (Å²) in [7, 11) is -3.55. The van der Waals surface area contributed by atoms with Crippen molar-refractivity contribution >= 4 is 22.3 Å². The topological polar surface area (TPSA) is 78.0 Å². The number of hydrogen-bond donors (Lipinski definition) is 0. The SMILES string of the molecule is O=CN1CCN(C(=O)c2cccc(S(=O)(=O)N3CCCCC3)c2)CC1. The zero-order valence-corrected chi connectivity index (χ0v) is 15.0. The standard InChI is InChI=1S/C17H23N3O4S/c21-14-18-9-11-19(12-10-18)17(22)15-5-4-6-16(13-15)25(23,24)20-7-2-1-3-8-20/h4-6,13-14H,1-3,7-12H2. The van der Waals surface area contributed by atoms with Crippen LogP contribution in [0, 0.1) is 0 Å². The highest BCUT2D eigenvalue weighted by atomic mass is 32.2. The molecule has 0 bridgehead atoms. The fourth-order valence-corrected chi connectivity index (χ4v) is 4.82. The lowest BCUT2D eigenvalue weighted by molar-refractivity contribution is -0.119. The highest BCUT2D eigenvalue weighted by Gasteiger charge is 2.27. The Hall–Kier alpha value is -1.93. The molecule has 1 aromatic rings. The summed E-state index contributed by atoms with van der Waals surface area (Å²) < 4.78 is 27.1. The summed E-state index contributed by atoms with van der Waals surface area (Å²) in [6.45, 7) is 2.99. The third-order valence-electron chi connectivity index (χ3n) is 4.78. The van der Waals surface area contributed by atoms with Crippen LogP contribution in [0.5, 0.6) is 0 Å². The van der Waals surface area contributed by atoms with Crippen LogP contribution < -0.4 is 0 Å². The second-order valence-electron chi connectivity index (χ2n) is 6.43. The molecular formula is C17H23N3O4S. The first-order valence-electron chi connectivity index (χ1n) is 8.61. The lowest BCUT2D eigenvalue weighted by atomic mass is 10.2. The predicted octanol–water partition coefficient (Wildman–Crippen LogP) is 0.775. The Morgan fingerprint density at radius 2 is 1.64 bits per heavy atom. The van der Waals surface area contributed by atoms with Gasteiger partial charge in [-0.3, -0.25) is 9.59 Å². The number of carbonyl (C=O) groups is 2. The number of amides is 2. The van der Waals surface area contributed by atoms with Crippen LogP contribution >= 0.6 is 0 Å². The summed E-state index contributed by atoms with van der Waals surface area (Å²) in [6.07, 6.45) is 3.59. The summed E-state index contributed by atoms with van der Waals surface area (Å²) in [5.41, 5.74) is 0.373. The van der Waals surface area contributed by atoms with Crippen LogP contribution in [0.25, 0.3) is 0 Å². The molecule has 2 aliphatic heterocycles. The molecule has 2 saturated heterocycles. The van der Waals surface area contributed by atoms with Crippen molar-refractivity contribution in [3.8, 4) is 0 Å². The van der Waals surface area contributed by atoms with E-state index in [1.54, 1.807) is 28.0 Å². The van der Waals surface area contributed by atoms with Crippen molar-refractivity contribution in [3.63, 3.8) is 0 Å². The minimum absolute atomic E-state index is 0.173. The van der Waals surface area contributed by atoms with Crippen LogP contribution in [0.15, 0.2) is 29.2 Å². The van der Waals surface area contributed by atoms with Crippen LogP contribution in [0.3, 0.4) is 0 Å². The number of carbonyl (C=O) groups excluding carboxylic acids is 2. The lowest BCUT2D eigenvalue weighted by Crippen LogP contribution is -2.48. The summed E-state index contributed by atoms with van der Waals surface area (Å²) in [5.74, 6) is -0.193. The fourth-order valence-electron chi connectivity index (χ4n) is 3.26. The molecule has 0 N–H and O–H groups in total. The van der Waals surface area contributed by atoms with E-state index in [9.17, 15) is 18.0 Å². The van der Waals surface area contributed by atoms with Crippen LogP contribution in [-0.2, 0) is 14.8 Å². The second kappa shape index (κ2) is 7.53. The molecule has 0 aromatic heterocycles. The predicted molar refractivity (Wildman–Crippen MR) is 92.6 cm³/mol. The molecule has 25 heavy (non-hydrogen) atoms. The van der Waals surface area contributed by atoms with E-state index in [0.29, 0.717) is 44.8 Å². The molecule has 0 saturated carbocycles. The van der Waals surface area contributed by atoms with Gasteiger partial charge in [0.15, 0.2) is 0 Å². The summed E-state index contributed by atoms with van der Waals surface area (Å²) >= 11 is 0. The number of piperazine rings is 1. The molecule has 0 atom stereocenters. The van der Waals surface area contributed by atoms with E-state index in [-0.39, 0.29) is 10.8 Å². The largest absolute Gasteiger partial charge is 0.342 e. The quantitative estimate of drug-likeness (QED) is 0.739. The van der Waals surface area contributed by atoms with Gasteiger partial charge in [0.1, 0.15) is 0 Å². The normalized spacial score (nSPS) is 19.7. The third-order valence-corrected chi connectivity index (χ3v) is 6.68. The molecule has 7 nitrogen and oxygen atoms in total. The first-order valence-corrected chi connectivity index (χ1v) is 10.1. The van der Waals surface area contributed by atoms with Gasteiger partial charge >= 0.3 is 0 Å². The zero-order valence-electron chi connectivity index (χ0n) is 14.1. The highest BCUT2D eigenvalue weighted by Crippen LogP contribution is 2.22. The van der Waals surface area contributed by atoms with Gasteiger partial charge in [0.25, 0.3) is 5.91 Å². The van der Waals surface area contributed by atoms with Crippen LogP contribution in [0.1, 0.15) is 29.6 Å². The number of piperidine rings is 1. The van der Waals surface area contributed by atoms with Crippen molar-refractivity contribution in [2.24, 2.45) is 0 Å². The van der Waals surface area contributed by atoms with E-state index in [1.807, 2.05) is 0 Å². The molecule has 0 spiro atoms. The average Bonchev–Trinajstić information content (AvgIpc) is 2.68. The van der Waals surface area contributed by atoms with Gasteiger partial charge in [-0.1, -0.05) is 12.5 Å². The van der Waals surface area contributed by atoms with E-state index in [0.717, 1.165) is 25.7 Å². The van der Waals surface area contributed by atoms with Crippen LogP contribution in [0.4, 0.5) is 0 Å². The summed E-state index contributed by atoms with van der Waals surface area (Å²) in [6, 6.07) is 6.28. The third kappa shape index (κ3) is 3.85. The molecule has 136 valence electrons. The maximum absolute atomic E-state index is 12.8. The minimum atomic E-state index is -3.55. The van der Waals surface area contributed by atoms with Gasteiger partial charge in [-0.15, -0.1) is 0 Å². The van der Waals surface area contributed by atoms with Gasteiger partial charge in [0.2, 0.25) is 16.4 Å². The van der Waals surface area contributed by atoms with Crippen molar-refractivity contribution in [3.05, 3.63) is 29.8 Å². The van der Waals surface area contributed by atoms with Crippen LogP contribution in [-0.4, -0.2) is 74.1 Å². The molecule has 0 unspecified atom stereocenters. The molecule has 2 fully saturated rings. The molecular weight excluding hydrogens is 342 g/mol. The van der Waals surface area contributed by atoms with Gasteiger partial charge in [-0.05, 0) is 31.0 Å². The minimum Gasteiger partial charge on any atom is -0.342 e. The van der Waals surface area contributed by atoms with Gasteiger partial charge < -0.3 is 9.80 Å². The van der Waals surface area contributed by atoms with Crippen molar-refractivity contribution in [2.75, 3.05) is 39.3 Å². The Labute approximate surface area is 148 Å². The van der Waals surface area contributed by atoms with E-state index in [4.69, 9.17) is 0 Å². The van der Waals surface area contributed by atoms with Crippen molar-refractivity contribution < 1.29 is 18.0 Å². The van der Waals surface area contributed by atoms with Crippen molar-refractivity contribution in [1.29, 1.82) is 0 Å². The van der Waals surface area contributed by atoms with Gasteiger partial charge in [0, 0.05) is 44.8 Å². The Morgan fingerprint density at radius 3 is 2.28 bits per heavy atom. The van der Waals surface area contributed by atoms with Gasteiger partial charge in [-0.25, -0.2) is 8.42 Å². The molecule has 2 aliphatic rings. The fraction of sp³-hybridized carbons (Fsp3) is 0.529. The Morgan fingerprint density at radius 1 is 0.960 bits per heavy atom. The Bertz CT molecular complexity index is 736. The summed E-state index contributed by atoms with van der Waals surface area (Å²) in [5, 5.41) is 0. The number of rotatable bonds is 4. The second-order valence-corrected chi connectivity index (χ2v) is 8.36. The number of hydrogen-bond acceptors (Lipinski definition) is 4. The first-order chi connectivity index (χ1) is 12.0. The maximum Gasteiger partial charge on any atom is 0.254 e. The Kier molecular flexibility index (Phi) is 5.39. The smallest absolute Gasteiger partial charge is 0.254 e. The number of benzene rings is 1. The monoisotopic (exact) mass is 365 g/mol. The van der Waals surface area contributed by atoms with E-state index < -0.39 is 10.0 Å². The van der Waals surface area contributed by atoms with Crippen molar-refractivity contribution in [1.82, 2.24) is 14.1 Å². The molecule has 0 aliphatic carbocycles. The average molecular weight is 365 g/mol. The molecule has 8 heteroatoms. The van der Waals surface area contributed by atoms with Crippen molar-refractivity contribution in [2.45, 2.75) is 24.2 Å². The molecule has 0 radical (unpaired) electrons. The van der Waals surface area contributed by atoms with E-state index >= 15 is 0 Å². The molecule has 3 rings (SSSR count). The van der Waals surface area contributed by atoms with Gasteiger partial charge in [0.05, 0.1) is 4.90 Å². The summed E-state index contributed by atoms with van der Waals surface area (Å²) in [4.78, 5) is 26.9. The van der Waals surface area contributed by atoms with E-state index in [1.165, 1.54) is 10.4 Å². The van der Waals surface area contributed by atoms with Crippen LogP contribution in [0.2, 0.25) is 0 Å². The first kappa shape index (κ1) is 17.9. The molecule has 1 aromatic carbocycles. The lowest BCUT2D eigenvalue weighted by Gasteiger charge is -2.32. The Balaban J connectivity index is 1.77. The number of sulfonamides is 1.